The minimum Gasteiger partial charge on any atom is -0.0863 e. The van der Waals surface area contributed by atoms with Gasteiger partial charge in [-0.05, 0) is 38.0 Å². The third-order valence-electron chi connectivity index (χ3n) is 2.64. The molecule has 0 atom stereocenters. The fourth-order valence-electron chi connectivity index (χ4n) is 1.51. The Hall–Kier alpha value is -1.13. The standard InChI is InChI=1S/C16H20S.C2H6/c1-5-16(6-2)17-14(4)9-12-15-10-7-13(3)8-11-15;1-2/h5,7,10H,4,6,8,11H2,1-3H3;1-2H3/b16-5-;. The molecule has 0 aromatic heterocycles. The van der Waals surface area contributed by atoms with E-state index in [0.29, 0.717) is 0 Å². The van der Waals surface area contributed by atoms with Crippen LogP contribution in [0.3, 0.4) is 0 Å². The molecule has 0 N–H and O–H groups in total. The van der Waals surface area contributed by atoms with Crippen LogP contribution >= 0.6 is 11.8 Å². The van der Waals surface area contributed by atoms with Crippen molar-refractivity contribution < 1.29 is 0 Å². The van der Waals surface area contributed by atoms with Crippen molar-refractivity contribution >= 4 is 11.8 Å². The van der Waals surface area contributed by atoms with Crippen LogP contribution in [0.1, 0.15) is 53.9 Å². The molecule has 19 heavy (non-hydrogen) atoms. The van der Waals surface area contributed by atoms with E-state index in [9.17, 15) is 0 Å². The Morgan fingerprint density at radius 1 is 1.37 bits per heavy atom. The van der Waals surface area contributed by atoms with Gasteiger partial charge in [0.2, 0.25) is 0 Å². The van der Waals surface area contributed by atoms with Gasteiger partial charge in [0.05, 0.1) is 4.91 Å². The summed E-state index contributed by atoms with van der Waals surface area (Å²) in [4.78, 5) is 2.27. The summed E-state index contributed by atoms with van der Waals surface area (Å²) in [5, 5.41) is 0. The zero-order valence-corrected chi connectivity index (χ0v) is 13.8. The van der Waals surface area contributed by atoms with Gasteiger partial charge in [0, 0.05) is 5.57 Å². The lowest BCUT2D eigenvalue weighted by molar-refractivity contribution is 0.934. The lowest BCUT2D eigenvalue weighted by atomic mass is 10.00. The second kappa shape index (κ2) is 10.8. The molecule has 1 rings (SSSR count). The summed E-state index contributed by atoms with van der Waals surface area (Å²) in [6, 6.07) is 0. The third-order valence-corrected chi connectivity index (χ3v) is 3.78. The molecule has 0 saturated heterocycles. The summed E-state index contributed by atoms with van der Waals surface area (Å²) in [7, 11) is 0. The highest BCUT2D eigenvalue weighted by Crippen LogP contribution is 2.26. The van der Waals surface area contributed by atoms with Crippen LogP contribution in [0.2, 0.25) is 0 Å². The predicted molar refractivity (Wildman–Crippen MR) is 91.0 cm³/mol. The molecule has 0 nitrogen and oxygen atoms in total. The number of hydrogen-bond donors (Lipinski definition) is 0. The molecule has 0 aromatic rings. The van der Waals surface area contributed by atoms with Crippen molar-refractivity contribution in [2.24, 2.45) is 0 Å². The highest BCUT2D eigenvalue weighted by atomic mass is 32.2. The topological polar surface area (TPSA) is 0 Å². The van der Waals surface area contributed by atoms with Gasteiger partial charge >= 0.3 is 0 Å². The molecule has 1 aliphatic rings. The van der Waals surface area contributed by atoms with E-state index in [-0.39, 0.29) is 0 Å². The highest BCUT2D eigenvalue weighted by Gasteiger charge is 2.00. The van der Waals surface area contributed by atoms with Crippen molar-refractivity contribution in [3.05, 3.63) is 45.8 Å². The van der Waals surface area contributed by atoms with Gasteiger partial charge in [-0.3, -0.25) is 0 Å². The largest absolute Gasteiger partial charge is 0.0863 e. The van der Waals surface area contributed by atoms with Crippen LogP contribution in [0.25, 0.3) is 0 Å². The van der Waals surface area contributed by atoms with Crippen molar-refractivity contribution in [3.8, 4) is 11.8 Å². The van der Waals surface area contributed by atoms with E-state index >= 15 is 0 Å². The molecule has 0 unspecified atom stereocenters. The monoisotopic (exact) mass is 274 g/mol. The van der Waals surface area contributed by atoms with Gasteiger partial charge in [-0.1, -0.05) is 74.8 Å². The van der Waals surface area contributed by atoms with E-state index < -0.39 is 0 Å². The van der Waals surface area contributed by atoms with Gasteiger partial charge in [0.15, 0.2) is 0 Å². The summed E-state index contributed by atoms with van der Waals surface area (Å²) in [6.45, 7) is 14.4. The molecule has 0 heterocycles. The van der Waals surface area contributed by atoms with Crippen molar-refractivity contribution in [1.29, 1.82) is 0 Å². The highest BCUT2D eigenvalue weighted by molar-refractivity contribution is 8.07. The van der Waals surface area contributed by atoms with Crippen molar-refractivity contribution in [1.82, 2.24) is 0 Å². The van der Waals surface area contributed by atoms with Gasteiger partial charge in [0.1, 0.15) is 0 Å². The maximum atomic E-state index is 4.00. The lowest BCUT2D eigenvalue weighted by Crippen LogP contribution is -1.88. The fraction of sp³-hybridized carbons (Fsp3) is 0.444. The first kappa shape index (κ1) is 17.9. The van der Waals surface area contributed by atoms with Crippen LogP contribution in [0.15, 0.2) is 45.8 Å². The van der Waals surface area contributed by atoms with Crippen LogP contribution in [0, 0.1) is 11.8 Å². The average Bonchev–Trinajstić information content (AvgIpc) is 2.46. The number of allylic oxidation sites excluding steroid dienone is 7. The van der Waals surface area contributed by atoms with Gasteiger partial charge < -0.3 is 0 Å². The minimum atomic E-state index is 0.937. The van der Waals surface area contributed by atoms with Crippen LogP contribution in [0.4, 0.5) is 0 Å². The van der Waals surface area contributed by atoms with Crippen molar-refractivity contribution in [2.75, 3.05) is 0 Å². The van der Waals surface area contributed by atoms with E-state index in [0.717, 1.165) is 24.2 Å². The van der Waals surface area contributed by atoms with Crippen LogP contribution in [-0.4, -0.2) is 0 Å². The predicted octanol–water partition coefficient (Wildman–Crippen LogP) is 6.24. The van der Waals surface area contributed by atoms with Gasteiger partial charge in [-0.2, -0.15) is 0 Å². The summed E-state index contributed by atoms with van der Waals surface area (Å²) in [5.41, 5.74) is 2.65. The normalized spacial score (nSPS) is 14.3. The zero-order chi connectivity index (χ0) is 14.7. The number of hydrogen-bond acceptors (Lipinski definition) is 1. The van der Waals surface area contributed by atoms with E-state index in [2.05, 4.69) is 57.4 Å². The fourth-order valence-corrected chi connectivity index (χ4v) is 2.20. The molecule has 0 radical (unpaired) electrons. The number of rotatable bonds is 3. The summed E-state index contributed by atoms with van der Waals surface area (Å²) in [6.07, 6.45) is 9.66. The van der Waals surface area contributed by atoms with Crippen LogP contribution in [-0.2, 0) is 0 Å². The Balaban J connectivity index is 0.00000154. The lowest BCUT2D eigenvalue weighted by Gasteiger charge is -2.06. The second-order valence-corrected chi connectivity index (χ2v) is 5.31. The van der Waals surface area contributed by atoms with Crippen molar-refractivity contribution in [3.63, 3.8) is 0 Å². The van der Waals surface area contributed by atoms with Gasteiger partial charge in [-0.25, -0.2) is 0 Å². The molecule has 0 spiro atoms. The molecule has 0 aliphatic heterocycles. The molecular formula is C18H26S. The Kier molecular flexibility index (Phi) is 10.1. The molecule has 1 aliphatic carbocycles. The summed E-state index contributed by atoms with van der Waals surface area (Å²) >= 11 is 1.68. The molecule has 0 saturated carbocycles. The Morgan fingerprint density at radius 3 is 2.53 bits per heavy atom. The Bertz CT molecular complexity index is 436. The van der Waals surface area contributed by atoms with Gasteiger partial charge in [0.25, 0.3) is 0 Å². The smallest absolute Gasteiger partial charge is 0.0549 e. The molecule has 0 fully saturated rings. The zero-order valence-electron chi connectivity index (χ0n) is 13.0. The van der Waals surface area contributed by atoms with Crippen LogP contribution < -0.4 is 0 Å². The summed E-state index contributed by atoms with van der Waals surface area (Å²) in [5.74, 6) is 6.36. The second-order valence-electron chi connectivity index (χ2n) is 4.09. The first-order chi connectivity index (χ1) is 9.15. The minimum absolute atomic E-state index is 0.937. The first-order valence-corrected chi connectivity index (χ1v) is 7.87. The molecular weight excluding hydrogens is 248 g/mol. The Morgan fingerprint density at radius 2 is 2.05 bits per heavy atom. The summed E-state index contributed by atoms with van der Waals surface area (Å²) < 4.78 is 0. The van der Waals surface area contributed by atoms with E-state index in [1.807, 2.05) is 13.8 Å². The van der Waals surface area contributed by atoms with E-state index in [4.69, 9.17) is 0 Å². The average molecular weight is 274 g/mol. The van der Waals surface area contributed by atoms with Crippen LogP contribution in [0.5, 0.6) is 0 Å². The third kappa shape index (κ3) is 7.80. The van der Waals surface area contributed by atoms with E-state index in [1.54, 1.807) is 11.8 Å². The molecule has 0 amide bonds. The molecule has 0 bridgehead atoms. The van der Waals surface area contributed by atoms with Crippen molar-refractivity contribution in [2.45, 2.75) is 53.9 Å². The maximum absolute atomic E-state index is 4.00. The first-order valence-electron chi connectivity index (χ1n) is 7.06. The van der Waals surface area contributed by atoms with E-state index in [1.165, 1.54) is 16.1 Å². The quantitative estimate of drug-likeness (QED) is 0.549. The molecule has 0 aromatic carbocycles. The Labute approximate surface area is 123 Å². The van der Waals surface area contributed by atoms with Gasteiger partial charge in [-0.15, -0.1) is 0 Å². The molecule has 104 valence electrons. The number of thioether (sulfide) groups is 1. The maximum Gasteiger partial charge on any atom is 0.0549 e. The molecule has 1 heteroatoms. The SMILES string of the molecule is C=C(C#CC1=CC=C(C)CC1)S/C(=C\C)CC.CC.